The first-order chi connectivity index (χ1) is 10.0. The van der Waals surface area contributed by atoms with Gasteiger partial charge >= 0.3 is 0 Å². The van der Waals surface area contributed by atoms with Gasteiger partial charge in [-0.15, -0.1) is 0 Å². The Balaban J connectivity index is 2.05. The third-order valence-corrected chi connectivity index (χ3v) is 4.81. The third kappa shape index (κ3) is 2.41. The standard InChI is InChI=1S/C15H16Cl2N2O2/c1-8-5-12-10(6-19(8)13(20)7-21-2)9-3-4-11(16)14(17)15(9)18-12/h3-4,8,18H,5-7H2,1-2H3/t8-/m1/s1. The summed E-state index contributed by atoms with van der Waals surface area (Å²) in [7, 11) is 1.53. The van der Waals surface area contributed by atoms with Crippen molar-refractivity contribution in [2.45, 2.75) is 25.9 Å². The van der Waals surface area contributed by atoms with Crippen LogP contribution in [0.25, 0.3) is 10.9 Å². The quantitative estimate of drug-likeness (QED) is 0.919. The van der Waals surface area contributed by atoms with Crippen molar-refractivity contribution in [3.63, 3.8) is 0 Å². The van der Waals surface area contributed by atoms with Gasteiger partial charge in [-0.2, -0.15) is 0 Å². The van der Waals surface area contributed by atoms with E-state index in [-0.39, 0.29) is 18.6 Å². The van der Waals surface area contributed by atoms with E-state index in [9.17, 15) is 4.79 Å². The number of benzene rings is 1. The third-order valence-electron chi connectivity index (χ3n) is 4.01. The summed E-state index contributed by atoms with van der Waals surface area (Å²) in [4.78, 5) is 17.4. The molecule has 2 heterocycles. The number of aromatic amines is 1. The van der Waals surface area contributed by atoms with Crippen molar-refractivity contribution >= 4 is 40.0 Å². The topological polar surface area (TPSA) is 45.3 Å². The first-order valence-electron chi connectivity index (χ1n) is 6.78. The van der Waals surface area contributed by atoms with Gasteiger partial charge in [0.15, 0.2) is 0 Å². The highest BCUT2D eigenvalue weighted by Gasteiger charge is 2.29. The van der Waals surface area contributed by atoms with Crippen LogP contribution >= 0.6 is 23.2 Å². The Hall–Kier alpha value is -1.23. The number of amides is 1. The van der Waals surface area contributed by atoms with Crippen LogP contribution in [0.15, 0.2) is 12.1 Å². The number of H-pyrrole nitrogens is 1. The Labute approximate surface area is 133 Å². The predicted molar refractivity (Wildman–Crippen MR) is 83.9 cm³/mol. The lowest BCUT2D eigenvalue weighted by Crippen LogP contribution is -2.44. The largest absolute Gasteiger partial charge is 0.375 e. The number of rotatable bonds is 2. The molecule has 1 atom stereocenters. The molecule has 0 unspecified atom stereocenters. The molecule has 1 aliphatic rings. The monoisotopic (exact) mass is 326 g/mol. The fraction of sp³-hybridized carbons (Fsp3) is 0.400. The van der Waals surface area contributed by atoms with Crippen LogP contribution in [0.2, 0.25) is 10.0 Å². The van der Waals surface area contributed by atoms with Gasteiger partial charge in [-0.1, -0.05) is 29.3 Å². The molecule has 0 bridgehead atoms. The van der Waals surface area contributed by atoms with Crippen molar-refractivity contribution in [1.82, 2.24) is 9.88 Å². The SMILES string of the molecule is COCC(=O)N1Cc2c([nH]c3c(Cl)c(Cl)ccc23)C[C@H]1C. The summed E-state index contributed by atoms with van der Waals surface area (Å²) < 4.78 is 4.96. The maximum absolute atomic E-state index is 12.1. The molecule has 1 aliphatic heterocycles. The van der Waals surface area contributed by atoms with Crippen molar-refractivity contribution in [3.05, 3.63) is 33.4 Å². The molecule has 21 heavy (non-hydrogen) atoms. The van der Waals surface area contributed by atoms with Crippen molar-refractivity contribution in [2.75, 3.05) is 13.7 Å². The number of fused-ring (bicyclic) bond motifs is 3. The van der Waals surface area contributed by atoms with E-state index in [1.54, 1.807) is 6.07 Å². The van der Waals surface area contributed by atoms with Gasteiger partial charge in [-0.3, -0.25) is 4.79 Å². The molecule has 0 spiro atoms. The average molecular weight is 327 g/mol. The highest BCUT2D eigenvalue weighted by molar-refractivity contribution is 6.45. The maximum Gasteiger partial charge on any atom is 0.249 e. The number of halogens is 2. The van der Waals surface area contributed by atoms with Gasteiger partial charge in [-0.25, -0.2) is 0 Å². The van der Waals surface area contributed by atoms with Crippen LogP contribution in [0.1, 0.15) is 18.2 Å². The van der Waals surface area contributed by atoms with Gasteiger partial charge in [-0.05, 0) is 13.0 Å². The molecule has 0 fully saturated rings. The summed E-state index contributed by atoms with van der Waals surface area (Å²) >= 11 is 12.3. The minimum absolute atomic E-state index is 0.00469. The second-order valence-corrected chi connectivity index (χ2v) is 6.16. The molecule has 112 valence electrons. The fourth-order valence-corrected chi connectivity index (χ4v) is 3.31. The van der Waals surface area contributed by atoms with Gasteiger partial charge in [0, 0.05) is 42.8 Å². The highest BCUT2D eigenvalue weighted by Crippen LogP contribution is 2.36. The lowest BCUT2D eigenvalue weighted by Gasteiger charge is -2.33. The zero-order chi connectivity index (χ0) is 15.1. The molecule has 0 radical (unpaired) electrons. The second-order valence-electron chi connectivity index (χ2n) is 5.37. The van der Waals surface area contributed by atoms with Gasteiger partial charge in [0.25, 0.3) is 0 Å². The Kier molecular flexibility index (Phi) is 3.86. The van der Waals surface area contributed by atoms with E-state index >= 15 is 0 Å². The number of nitrogens with zero attached hydrogens (tertiary/aromatic N) is 1. The van der Waals surface area contributed by atoms with E-state index in [1.807, 2.05) is 17.9 Å². The summed E-state index contributed by atoms with van der Waals surface area (Å²) in [5.41, 5.74) is 3.09. The average Bonchev–Trinajstić information content (AvgIpc) is 2.80. The summed E-state index contributed by atoms with van der Waals surface area (Å²) in [6.07, 6.45) is 0.771. The number of aromatic nitrogens is 1. The molecule has 1 aromatic heterocycles. The van der Waals surface area contributed by atoms with Gasteiger partial charge < -0.3 is 14.6 Å². The number of hydrogen-bond acceptors (Lipinski definition) is 2. The predicted octanol–water partition coefficient (Wildman–Crippen LogP) is 3.39. The van der Waals surface area contributed by atoms with E-state index in [0.29, 0.717) is 16.6 Å². The molecular formula is C15H16Cl2N2O2. The second kappa shape index (κ2) is 5.52. The first-order valence-corrected chi connectivity index (χ1v) is 7.54. The Morgan fingerprint density at radius 2 is 2.24 bits per heavy atom. The molecule has 0 saturated heterocycles. The highest BCUT2D eigenvalue weighted by atomic mass is 35.5. The van der Waals surface area contributed by atoms with E-state index in [2.05, 4.69) is 4.98 Å². The molecular weight excluding hydrogens is 311 g/mol. The molecule has 1 aromatic carbocycles. The van der Waals surface area contributed by atoms with Crippen molar-refractivity contribution < 1.29 is 9.53 Å². The number of carbonyl (C=O) groups is 1. The van der Waals surface area contributed by atoms with Gasteiger partial charge in [0.1, 0.15) is 6.61 Å². The summed E-state index contributed by atoms with van der Waals surface area (Å²) in [6.45, 7) is 2.71. The Morgan fingerprint density at radius 3 is 2.95 bits per heavy atom. The zero-order valence-corrected chi connectivity index (χ0v) is 13.4. The van der Waals surface area contributed by atoms with E-state index in [0.717, 1.165) is 28.6 Å². The van der Waals surface area contributed by atoms with Crippen LogP contribution in [0.5, 0.6) is 0 Å². The zero-order valence-electron chi connectivity index (χ0n) is 11.9. The van der Waals surface area contributed by atoms with Crippen LogP contribution in [0.4, 0.5) is 0 Å². The van der Waals surface area contributed by atoms with E-state index < -0.39 is 0 Å². The number of nitrogens with one attached hydrogen (secondary N) is 1. The summed E-state index contributed by atoms with van der Waals surface area (Å²) in [6, 6.07) is 3.87. The molecule has 1 N–H and O–H groups in total. The lowest BCUT2D eigenvalue weighted by molar-refractivity contribution is -0.138. The smallest absolute Gasteiger partial charge is 0.249 e. The number of ether oxygens (including phenoxy) is 1. The van der Waals surface area contributed by atoms with Crippen LogP contribution in [0, 0.1) is 0 Å². The van der Waals surface area contributed by atoms with Crippen molar-refractivity contribution in [3.8, 4) is 0 Å². The molecule has 1 amide bonds. The van der Waals surface area contributed by atoms with Crippen LogP contribution in [-0.2, 0) is 22.5 Å². The minimum Gasteiger partial charge on any atom is -0.375 e. The normalized spacial score (nSPS) is 18.1. The molecule has 4 nitrogen and oxygen atoms in total. The number of hydrogen-bond donors (Lipinski definition) is 1. The van der Waals surface area contributed by atoms with Gasteiger partial charge in [0.05, 0.1) is 15.6 Å². The molecule has 3 rings (SSSR count). The van der Waals surface area contributed by atoms with Crippen LogP contribution < -0.4 is 0 Å². The Morgan fingerprint density at radius 1 is 1.48 bits per heavy atom. The maximum atomic E-state index is 12.1. The van der Waals surface area contributed by atoms with Crippen molar-refractivity contribution in [1.29, 1.82) is 0 Å². The lowest BCUT2D eigenvalue weighted by atomic mass is 9.99. The van der Waals surface area contributed by atoms with E-state index in [1.165, 1.54) is 7.11 Å². The molecule has 0 saturated carbocycles. The first kappa shape index (κ1) is 14.7. The summed E-state index contributed by atoms with van der Waals surface area (Å²) in [5.74, 6) is 0.00469. The molecule has 6 heteroatoms. The summed E-state index contributed by atoms with van der Waals surface area (Å²) in [5, 5.41) is 2.09. The van der Waals surface area contributed by atoms with Crippen LogP contribution in [0.3, 0.4) is 0 Å². The van der Waals surface area contributed by atoms with Gasteiger partial charge in [0.2, 0.25) is 5.91 Å². The number of methoxy groups -OCH3 is 1. The molecule has 0 aliphatic carbocycles. The van der Waals surface area contributed by atoms with Crippen molar-refractivity contribution in [2.24, 2.45) is 0 Å². The minimum atomic E-state index is 0.00469. The Bertz CT molecular complexity index is 711. The van der Waals surface area contributed by atoms with E-state index in [4.69, 9.17) is 27.9 Å². The number of carbonyl (C=O) groups excluding carboxylic acids is 1. The fourth-order valence-electron chi connectivity index (χ4n) is 2.94. The molecule has 2 aromatic rings. The van der Waals surface area contributed by atoms with Crippen LogP contribution in [-0.4, -0.2) is 35.5 Å².